The average Bonchev–Trinajstić information content (AvgIpc) is 2.91. The standard InChI is InChI=1S/C15H17F2NO3/c1-9(14(19)18-10-5-2-3-6-10)21-15(20)13-11(16)7-4-8-12(13)17/h4,7-10H,2-3,5-6H2,1H3,(H,18,19). The topological polar surface area (TPSA) is 55.4 Å². The highest BCUT2D eigenvalue weighted by Gasteiger charge is 2.26. The number of rotatable bonds is 4. The average molecular weight is 297 g/mol. The van der Waals surface area contributed by atoms with E-state index in [1.54, 1.807) is 0 Å². The summed E-state index contributed by atoms with van der Waals surface area (Å²) in [5.74, 6) is -3.65. The summed E-state index contributed by atoms with van der Waals surface area (Å²) in [7, 11) is 0. The van der Waals surface area contributed by atoms with E-state index in [4.69, 9.17) is 4.74 Å². The van der Waals surface area contributed by atoms with Gasteiger partial charge in [-0.05, 0) is 31.9 Å². The molecule has 0 aromatic heterocycles. The van der Waals surface area contributed by atoms with E-state index < -0.39 is 35.2 Å². The zero-order valence-corrected chi connectivity index (χ0v) is 11.7. The van der Waals surface area contributed by atoms with E-state index in [1.807, 2.05) is 0 Å². The Kier molecular flexibility index (Phi) is 4.88. The maximum atomic E-state index is 13.4. The molecule has 2 rings (SSSR count). The quantitative estimate of drug-likeness (QED) is 0.869. The van der Waals surface area contributed by atoms with Gasteiger partial charge in [-0.25, -0.2) is 13.6 Å². The lowest BCUT2D eigenvalue weighted by atomic mass is 10.2. The summed E-state index contributed by atoms with van der Waals surface area (Å²) >= 11 is 0. The van der Waals surface area contributed by atoms with Crippen molar-refractivity contribution in [1.82, 2.24) is 5.32 Å². The molecule has 1 atom stereocenters. The molecule has 114 valence electrons. The van der Waals surface area contributed by atoms with Crippen molar-refractivity contribution in [1.29, 1.82) is 0 Å². The molecule has 0 heterocycles. The van der Waals surface area contributed by atoms with Crippen LogP contribution in [0.3, 0.4) is 0 Å². The summed E-state index contributed by atoms with van der Waals surface area (Å²) < 4.78 is 31.7. The van der Waals surface area contributed by atoms with Crippen molar-refractivity contribution >= 4 is 11.9 Å². The first kappa shape index (κ1) is 15.4. The number of amides is 1. The fraction of sp³-hybridized carbons (Fsp3) is 0.467. The molecule has 0 radical (unpaired) electrons. The maximum Gasteiger partial charge on any atom is 0.344 e. The van der Waals surface area contributed by atoms with Gasteiger partial charge in [-0.1, -0.05) is 18.9 Å². The minimum atomic E-state index is -1.18. The number of ether oxygens (including phenoxy) is 1. The van der Waals surface area contributed by atoms with Gasteiger partial charge in [0, 0.05) is 6.04 Å². The van der Waals surface area contributed by atoms with Gasteiger partial charge in [-0.3, -0.25) is 4.79 Å². The Morgan fingerprint density at radius 1 is 1.24 bits per heavy atom. The summed E-state index contributed by atoms with van der Waals surface area (Å²) in [5, 5.41) is 2.76. The Labute approximate surface area is 121 Å². The second-order valence-electron chi connectivity index (χ2n) is 5.13. The highest BCUT2D eigenvalue weighted by Crippen LogP contribution is 2.18. The second-order valence-corrected chi connectivity index (χ2v) is 5.13. The number of nitrogens with one attached hydrogen (secondary N) is 1. The number of esters is 1. The third-order valence-corrected chi connectivity index (χ3v) is 3.52. The van der Waals surface area contributed by atoms with Crippen LogP contribution in [0, 0.1) is 11.6 Å². The molecule has 21 heavy (non-hydrogen) atoms. The third-order valence-electron chi connectivity index (χ3n) is 3.52. The summed E-state index contributed by atoms with van der Waals surface area (Å²) in [6, 6.07) is 3.16. The van der Waals surface area contributed by atoms with Gasteiger partial charge in [-0.15, -0.1) is 0 Å². The molecule has 1 aromatic rings. The van der Waals surface area contributed by atoms with Crippen LogP contribution in [-0.4, -0.2) is 24.0 Å². The Bertz CT molecular complexity index is 521. The first-order valence-corrected chi connectivity index (χ1v) is 6.94. The highest BCUT2D eigenvalue weighted by molar-refractivity contribution is 5.92. The first-order valence-electron chi connectivity index (χ1n) is 6.94. The van der Waals surface area contributed by atoms with E-state index in [2.05, 4.69) is 5.32 Å². The van der Waals surface area contributed by atoms with E-state index in [9.17, 15) is 18.4 Å². The van der Waals surface area contributed by atoms with Crippen molar-refractivity contribution in [3.8, 4) is 0 Å². The minimum Gasteiger partial charge on any atom is -0.449 e. The van der Waals surface area contributed by atoms with E-state index in [0.717, 1.165) is 43.9 Å². The first-order chi connectivity index (χ1) is 9.99. The van der Waals surface area contributed by atoms with Crippen LogP contribution in [0.15, 0.2) is 18.2 Å². The molecule has 1 unspecified atom stereocenters. The monoisotopic (exact) mass is 297 g/mol. The third kappa shape index (κ3) is 3.77. The van der Waals surface area contributed by atoms with Crippen LogP contribution < -0.4 is 5.32 Å². The van der Waals surface area contributed by atoms with Crippen molar-refractivity contribution in [2.45, 2.75) is 44.8 Å². The van der Waals surface area contributed by atoms with Gasteiger partial charge in [0.2, 0.25) is 0 Å². The lowest BCUT2D eigenvalue weighted by molar-refractivity contribution is -0.129. The molecule has 6 heteroatoms. The summed E-state index contributed by atoms with van der Waals surface area (Å²) in [5.41, 5.74) is -0.780. The predicted octanol–water partition coefficient (Wildman–Crippen LogP) is 2.57. The summed E-state index contributed by atoms with van der Waals surface area (Å²) in [4.78, 5) is 23.6. The fourth-order valence-electron chi connectivity index (χ4n) is 2.35. The number of carbonyl (C=O) groups is 2. The van der Waals surface area contributed by atoms with Gasteiger partial charge in [0.1, 0.15) is 17.2 Å². The van der Waals surface area contributed by atoms with Crippen LogP contribution in [0.2, 0.25) is 0 Å². The number of hydrogen-bond donors (Lipinski definition) is 1. The molecular formula is C15H17F2NO3. The smallest absolute Gasteiger partial charge is 0.344 e. The van der Waals surface area contributed by atoms with E-state index in [1.165, 1.54) is 6.92 Å². The van der Waals surface area contributed by atoms with Crippen LogP contribution in [0.5, 0.6) is 0 Å². The molecule has 1 aliphatic carbocycles. The van der Waals surface area contributed by atoms with Crippen molar-refractivity contribution in [2.75, 3.05) is 0 Å². The Morgan fingerprint density at radius 2 is 1.81 bits per heavy atom. The lowest BCUT2D eigenvalue weighted by Crippen LogP contribution is -2.41. The molecule has 1 N–H and O–H groups in total. The molecule has 4 nitrogen and oxygen atoms in total. The van der Waals surface area contributed by atoms with E-state index >= 15 is 0 Å². The van der Waals surface area contributed by atoms with Crippen LogP contribution >= 0.6 is 0 Å². The Morgan fingerprint density at radius 3 is 2.38 bits per heavy atom. The van der Waals surface area contributed by atoms with Gasteiger partial charge in [0.15, 0.2) is 6.10 Å². The molecule has 0 bridgehead atoms. The van der Waals surface area contributed by atoms with E-state index in [-0.39, 0.29) is 6.04 Å². The molecule has 1 saturated carbocycles. The largest absolute Gasteiger partial charge is 0.449 e. The predicted molar refractivity (Wildman–Crippen MR) is 71.6 cm³/mol. The Hall–Kier alpha value is -1.98. The number of benzene rings is 1. The van der Waals surface area contributed by atoms with Crippen LogP contribution in [0.1, 0.15) is 43.0 Å². The minimum absolute atomic E-state index is 0.0869. The summed E-state index contributed by atoms with van der Waals surface area (Å²) in [6.07, 6.45) is 2.80. The van der Waals surface area contributed by atoms with Crippen molar-refractivity contribution in [3.05, 3.63) is 35.4 Å². The molecule has 1 aromatic carbocycles. The molecular weight excluding hydrogens is 280 g/mol. The van der Waals surface area contributed by atoms with Gasteiger partial charge in [-0.2, -0.15) is 0 Å². The number of halogens is 2. The maximum absolute atomic E-state index is 13.4. The fourth-order valence-corrected chi connectivity index (χ4v) is 2.35. The second kappa shape index (κ2) is 6.65. The van der Waals surface area contributed by atoms with Gasteiger partial charge >= 0.3 is 5.97 Å². The van der Waals surface area contributed by atoms with Crippen LogP contribution in [0.25, 0.3) is 0 Å². The normalized spacial score (nSPS) is 16.5. The zero-order valence-electron chi connectivity index (χ0n) is 11.7. The SMILES string of the molecule is CC(OC(=O)c1c(F)cccc1F)C(=O)NC1CCCC1. The van der Waals surface area contributed by atoms with Crippen molar-refractivity contribution in [3.63, 3.8) is 0 Å². The molecule has 0 aliphatic heterocycles. The van der Waals surface area contributed by atoms with E-state index in [0.29, 0.717) is 0 Å². The van der Waals surface area contributed by atoms with Gasteiger partial charge in [0.25, 0.3) is 5.91 Å². The van der Waals surface area contributed by atoms with Gasteiger partial charge < -0.3 is 10.1 Å². The molecule has 1 amide bonds. The Balaban J connectivity index is 1.96. The molecule has 0 spiro atoms. The number of carbonyl (C=O) groups excluding carboxylic acids is 2. The highest BCUT2D eigenvalue weighted by atomic mass is 19.1. The molecule has 1 fully saturated rings. The lowest BCUT2D eigenvalue weighted by Gasteiger charge is -2.17. The van der Waals surface area contributed by atoms with Crippen molar-refractivity contribution < 1.29 is 23.1 Å². The van der Waals surface area contributed by atoms with Gasteiger partial charge in [0.05, 0.1) is 0 Å². The molecule has 1 aliphatic rings. The number of hydrogen-bond acceptors (Lipinski definition) is 3. The zero-order chi connectivity index (χ0) is 15.4. The summed E-state index contributed by atoms with van der Waals surface area (Å²) in [6.45, 7) is 1.38. The van der Waals surface area contributed by atoms with Crippen LogP contribution in [0.4, 0.5) is 8.78 Å². The van der Waals surface area contributed by atoms with Crippen LogP contribution in [-0.2, 0) is 9.53 Å². The van der Waals surface area contributed by atoms with Crippen molar-refractivity contribution in [2.24, 2.45) is 0 Å². The molecule has 0 saturated heterocycles.